The first-order chi connectivity index (χ1) is 12.3. The van der Waals surface area contributed by atoms with Gasteiger partial charge < -0.3 is 5.32 Å². The third kappa shape index (κ3) is 3.02. The van der Waals surface area contributed by atoms with Crippen molar-refractivity contribution in [3.05, 3.63) is 90.9 Å². The summed E-state index contributed by atoms with van der Waals surface area (Å²) in [6.45, 7) is 4.49. The van der Waals surface area contributed by atoms with E-state index < -0.39 is 0 Å². The molecule has 122 valence electrons. The molecule has 0 aliphatic rings. The molecule has 25 heavy (non-hydrogen) atoms. The number of hydrogen-bond acceptors (Lipinski definition) is 3. The van der Waals surface area contributed by atoms with Crippen molar-refractivity contribution in [3.63, 3.8) is 0 Å². The van der Waals surface area contributed by atoms with Crippen LogP contribution in [0.3, 0.4) is 0 Å². The lowest BCUT2D eigenvalue weighted by molar-refractivity contribution is 0.887. The summed E-state index contributed by atoms with van der Waals surface area (Å²) in [7, 11) is 0. The number of aromatic nitrogens is 3. The van der Waals surface area contributed by atoms with Gasteiger partial charge in [0.25, 0.3) is 0 Å². The van der Waals surface area contributed by atoms with Crippen LogP contribution in [0.15, 0.2) is 79.5 Å². The summed E-state index contributed by atoms with van der Waals surface area (Å²) >= 11 is 0. The van der Waals surface area contributed by atoms with Gasteiger partial charge >= 0.3 is 0 Å². The Labute approximate surface area is 146 Å². The highest BCUT2D eigenvalue weighted by Crippen LogP contribution is 2.29. The smallest absolute Gasteiger partial charge is 0.174 e. The van der Waals surface area contributed by atoms with Crippen molar-refractivity contribution in [2.24, 2.45) is 0 Å². The number of rotatable bonds is 5. The average molecular weight is 326 g/mol. The predicted molar refractivity (Wildman–Crippen MR) is 102 cm³/mol. The molecule has 0 saturated heterocycles. The average Bonchev–Trinajstić information content (AvgIpc) is 3.11. The molecule has 4 rings (SSSR count). The molecule has 4 nitrogen and oxygen atoms in total. The molecule has 0 radical (unpaired) electrons. The highest BCUT2D eigenvalue weighted by atomic mass is 15.3. The summed E-state index contributed by atoms with van der Waals surface area (Å²) in [5, 5.41) is 7.96. The van der Waals surface area contributed by atoms with Gasteiger partial charge in [0.1, 0.15) is 5.52 Å². The second kappa shape index (κ2) is 6.61. The Morgan fingerprint density at radius 3 is 2.40 bits per heavy atom. The molecule has 0 atom stereocenters. The minimum absolute atomic E-state index is 0.596. The lowest BCUT2D eigenvalue weighted by atomic mass is 10.1. The van der Waals surface area contributed by atoms with Gasteiger partial charge in [0.2, 0.25) is 0 Å². The molecule has 0 unspecified atom stereocenters. The molecule has 0 aliphatic heterocycles. The molecule has 4 heteroatoms. The second-order valence-electron chi connectivity index (χ2n) is 5.75. The van der Waals surface area contributed by atoms with E-state index in [2.05, 4.69) is 52.3 Å². The van der Waals surface area contributed by atoms with Crippen molar-refractivity contribution in [1.29, 1.82) is 0 Å². The van der Waals surface area contributed by atoms with E-state index in [-0.39, 0.29) is 0 Å². The highest BCUT2D eigenvalue weighted by Gasteiger charge is 2.13. The summed E-state index contributed by atoms with van der Waals surface area (Å²) < 4.78 is 1.86. The van der Waals surface area contributed by atoms with Crippen molar-refractivity contribution in [2.45, 2.75) is 6.54 Å². The van der Waals surface area contributed by atoms with Gasteiger partial charge in [0, 0.05) is 18.3 Å². The van der Waals surface area contributed by atoms with Crippen LogP contribution >= 0.6 is 0 Å². The van der Waals surface area contributed by atoms with Gasteiger partial charge in [-0.15, -0.1) is 5.10 Å². The zero-order valence-corrected chi connectivity index (χ0v) is 13.8. The van der Waals surface area contributed by atoms with E-state index in [9.17, 15) is 0 Å². The Morgan fingerprint density at radius 1 is 0.960 bits per heavy atom. The quantitative estimate of drug-likeness (QED) is 0.580. The molecule has 2 heterocycles. The van der Waals surface area contributed by atoms with Crippen molar-refractivity contribution < 1.29 is 0 Å². The minimum Gasteiger partial charge on any atom is -0.364 e. The highest BCUT2D eigenvalue weighted by molar-refractivity contribution is 5.88. The third-order valence-electron chi connectivity index (χ3n) is 4.10. The summed E-state index contributed by atoms with van der Waals surface area (Å²) in [5.74, 6) is 1.40. The van der Waals surface area contributed by atoms with Gasteiger partial charge in [-0.2, -0.15) is 0 Å². The monoisotopic (exact) mass is 326 g/mol. The Kier molecular flexibility index (Phi) is 4.01. The molecular weight excluding hydrogens is 308 g/mol. The Morgan fingerprint density at radius 2 is 1.68 bits per heavy atom. The first kappa shape index (κ1) is 15.1. The number of nitrogens with zero attached hydrogens (tertiary/aromatic N) is 3. The van der Waals surface area contributed by atoms with E-state index in [1.807, 2.05) is 47.1 Å². The molecule has 0 fully saturated rings. The zero-order valence-electron chi connectivity index (χ0n) is 13.8. The topological polar surface area (TPSA) is 42.2 Å². The van der Waals surface area contributed by atoms with Crippen molar-refractivity contribution in [1.82, 2.24) is 14.6 Å². The molecule has 0 aliphatic carbocycles. The summed E-state index contributed by atoms with van der Waals surface area (Å²) in [5.41, 5.74) is 4.41. The maximum absolute atomic E-state index is 4.63. The lowest BCUT2D eigenvalue weighted by Crippen LogP contribution is -2.07. The lowest BCUT2D eigenvalue weighted by Gasteiger charge is -2.10. The van der Waals surface area contributed by atoms with Crippen LogP contribution in [0.4, 0.5) is 5.82 Å². The van der Waals surface area contributed by atoms with Gasteiger partial charge in [0.15, 0.2) is 11.6 Å². The molecule has 4 aromatic rings. The molecule has 2 aromatic heterocycles. The predicted octanol–water partition coefficient (Wildman–Crippen LogP) is 4.65. The van der Waals surface area contributed by atoms with Crippen molar-refractivity contribution in [3.8, 4) is 11.1 Å². The fourth-order valence-corrected chi connectivity index (χ4v) is 2.88. The number of anilines is 1. The van der Waals surface area contributed by atoms with Crippen LogP contribution in [-0.4, -0.2) is 14.6 Å². The van der Waals surface area contributed by atoms with E-state index in [1.165, 1.54) is 5.56 Å². The molecular formula is C21H18N4. The number of nitrogens with one attached hydrogen (secondary N) is 1. The summed E-state index contributed by atoms with van der Waals surface area (Å²) in [4.78, 5) is 4.63. The van der Waals surface area contributed by atoms with Gasteiger partial charge in [0.05, 0.1) is 0 Å². The fraction of sp³-hybridized carbons (Fsp3) is 0.0476. The van der Waals surface area contributed by atoms with Crippen molar-refractivity contribution >= 4 is 17.4 Å². The minimum atomic E-state index is 0.596. The number of hydrogen-bond donors (Lipinski definition) is 1. The summed E-state index contributed by atoms with van der Waals surface area (Å²) in [6.07, 6.45) is 3.62. The van der Waals surface area contributed by atoms with E-state index in [1.54, 1.807) is 6.08 Å². The standard InChI is InChI=1S/C21H18N4/c1-2-19-23-21(22-15-16-9-5-3-6-10-16)20-18(13-14-25(20)24-19)17-11-7-4-8-12-17/h2-14H,1,15H2,(H,22,23,24). The van der Waals surface area contributed by atoms with Crippen LogP contribution in [0.25, 0.3) is 22.7 Å². The Balaban J connectivity index is 1.80. The molecule has 0 spiro atoms. The fourth-order valence-electron chi connectivity index (χ4n) is 2.88. The van der Waals surface area contributed by atoms with E-state index in [4.69, 9.17) is 0 Å². The summed E-state index contributed by atoms with van der Waals surface area (Å²) in [6, 6.07) is 22.6. The zero-order chi connectivity index (χ0) is 17.1. The first-order valence-corrected chi connectivity index (χ1v) is 8.20. The van der Waals surface area contributed by atoms with Crippen LogP contribution in [0.1, 0.15) is 11.4 Å². The van der Waals surface area contributed by atoms with E-state index in [0.29, 0.717) is 12.4 Å². The Hall–Kier alpha value is -3.40. The van der Waals surface area contributed by atoms with Gasteiger partial charge in [-0.05, 0) is 23.3 Å². The molecule has 0 amide bonds. The van der Waals surface area contributed by atoms with E-state index in [0.717, 1.165) is 22.5 Å². The van der Waals surface area contributed by atoms with Crippen LogP contribution in [0, 0.1) is 0 Å². The van der Waals surface area contributed by atoms with Gasteiger partial charge in [-0.3, -0.25) is 0 Å². The van der Waals surface area contributed by atoms with Crippen LogP contribution < -0.4 is 5.32 Å². The maximum Gasteiger partial charge on any atom is 0.174 e. The first-order valence-electron chi connectivity index (χ1n) is 8.20. The van der Waals surface area contributed by atoms with Crippen LogP contribution in [0.5, 0.6) is 0 Å². The molecule has 0 bridgehead atoms. The van der Waals surface area contributed by atoms with Crippen LogP contribution in [0.2, 0.25) is 0 Å². The third-order valence-corrected chi connectivity index (χ3v) is 4.10. The maximum atomic E-state index is 4.63. The number of benzene rings is 2. The molecule has 2 aromatic carbocycles. The molecule has 0 saturated carbocycles. The Bertz CT molecular complexity index is 1000. The number of fused-ring (bicyclic) bond motifs is 1. The van der Waals surface area contributed by atoms with E-state index >= 15 is 0 Å². The van der Waals surface area contributed by atoms with Crippen LogP contribution in [-0.2, 0) is 6.54 Å². The molecule has 1 N–H and O–H groups in total. The van der Waals surface area contributed by atoms with Crippen molar-refractivity contribution in [2.75, 3.05) is 5.32 Å². The second-order valence-corrected chi connectivity index (χ2v) is 5.75. The van der Waals surface area contributed by atoms with Gasteiger partial charge in [-0.25, -0.2) is 9.50 Å². The largest absolute Gasteiger partial charge is 0.364 e. The normalized spacial score (nSPS) is 10.7. The SMILES string of the molecule is C=Cc1nc(NCc2ccccc2)c2c(-c3ccccc3)ccn2n1. The van der Waals surface area contributed by atoms with Gasteiger partial charge in [-0.1, -0.05) is 67.2 Å².